The lowest BCUT2D eigenvalue weighted by Gasteiger charge is -2.05. The van der Waals surface area contributed by atoms with Crippen molar-refractivity contribution in [2.24, 2.45) is 0 Å². The molecule has 1 heterocycles. The molecule has 2 aromatic rings. The summed E-state index contributed by atoms with van der Waals surface area (Å²) in [6.45, 7) is 3.31. The zero-order valence-electron chi connectivity index (χ0n) is 11.0. The molecule has 0 amide bonds. The number of Topliss-reactive ketones (excluding diaryl/α,β-unsaturated/α-hetero) is 1. The lowest BCUT2D eigenvalue weighted by atomic mass is 9.98. The first-order valence-corrected chi connectivity index (χ1v) is 6.61. The second kappa shape index (κ2) is 4.98. The highest BCUT2D eigenvalue weighted by atomic mass is 16.5. The Balaban J connectivity index is 1.92. The number of hydrogen-bond donors (Lipinski definition) is 0. The molecule has 19 heavy (non-hydrogen) atoms. The number of rotatable bonds is 3. The molecule has 96 valence electrons. The highest BCUT2D eigenvalue weighted by molar-refractivity contribution is 5.96. The molecule has 2 heteroatoms. The van der Waals surface area contributed by atoms with E-state index in [1.165, 1.54) is 16.7 Å². The van der Waals surface area contributed by atoms with Crippen molar-refractivity contribution in [2.75, 3.05) is 0 Å². The van der Waals surface area contributed by atoms with Crippen LogP contribution in [0.2, 0.25) is 0 Å². The van der Waals surface area contributed by atoms with Gasteiger partial charge >= 0.3 is 0 Å². The van der Waals surface area contributed by atoms with Crippen molar-refractivity contribution in [3.8, 4) is 11.1 Å². The number of hydrogen-bond acceptors (Lipinski definition) is 2. The van der Waals surface area contributed by atoms with Gasteiger partial charge in [0, 0.05) is 12.0 Å². The molecule has 0 N–H and O–H groups in total. The van der Waals surface area contributed by atoms with Gasteiger partial charge < -0.3 is 4.74 Å². The van der Waals surface area contributed by atoms with Gasteiger partial charge in [0.1, 0.15) is 0 Å². The zero-order valence-corrected chi connectivity index (χ0v) is 11.0. The van der Waals surface area contributed by atoms with Crippen LogP contribution < -0.4 is 0 Å². The van der Waals surface area contributed by atoms with Crippen LogP contribution in [-0.4, -0.2) is 5.78 Å². The molecular formula is C17H16O2. The Labute approximate surface area is 113 Å². The number of benzene rings is 2. The maximum absolute atomic E-state index is 11.6. The van der Waals surface area contributed by atoms with Gasteiger partial charge in [-0.15, -0.1) is 0 Å². The van der Waals surface area contributed by atoms with Gasteiger partial charge in [-0.1, -0.05) is 43.3 Å². The fourth-order valence-corrected chi connectivity index (χ4v) is 2.40. The van der Waals surface area contributed by atoms with E-state index in [0.29, 0.717) is 13.0 Å². The van der Waals surface area contributed by atoms with Crippen molar-refractivity contribution in [1.29, 1.82) is 0 Å². The molecule has 0 atom stereocenters. The number of carbonyl (C=O) groups excluding carboxylic acids is 1. The van der Waals surface area contributed by atoms with Gasteiger partial charge in [0.05, 0.1) is 13.2 Å². The topological polar surface area (TPSA) is 26.3 Å². The lowest BCUT2D eigenvalue weighted by molar-refractivity contribution is 0.0988. The van der Waals surface area contributed by atoms with Gasteiger partial charge in [-0.2, -0.15) is 0 Å². The summed E-state index contributed by atoms with van der Waals surface area (Å²) >= 11 is 0. The Kier molecular flexibility index (Phi) is 3.18. The molecule has 0 aromatic heterocycles. The minimum absolute atomic E-state index is 0.189. The van der Waals surface area contributed by atoms with Gasteiger partial charge in [-0.3, -0.25) is 4.79 Å². The van der Waals surface area contributed by atoms with E-state index in [9.17, 15) is 4.79 Å². The Hall–Kier alpha value is -1.93. The van der Waals surface area contributed by atoms with Crippen molar-refractivity contribution in [1.82, 2.24) is 0 Å². The molecule has 0 saturated carbocycles. The summed E-state index contributed by atoms with van der Waals surface area (Å²) in [5.74, 6) is 0.189. The predicted molar refractivity (Wildman–Crippen MR) is 75.0 cm³/mol. The normalized spacial score (nSPS) is 13.3. The van der Waals surface area contributed by atoms with Crippen molar-refractivity contribution < 1.29 is 9.53 Å². The van der Waals surface area contributed by atoms with Crippen molar-refractivity contribution in [2.45, 2.75) is 26.6 Å². The zero-order chi connectivity index (χ0) is 13.2. The van der Waals surface area contributed by atoms with Crippen LogP contribution in [0.1, 0.15) is 34.8 Å². The number of ether oxygens (including phenoxy) is 1. The Morgan fingerprint density at radius 3 is 2.42 bits per heavy atom. The summed E-state index contributed by atoms with van der Waals surface area (Å²) in [6.07, 6.45) is 0.551. The molecule has 3 rings (SSSR count). The molecule has 0 radical (unpaired) electrons. The van der Waals surface area contributed by atoms with Crippen LogP contribution in [0.15, 0.2) is 42.5 Å². The third-order valence-corrected chi connectivity index (χ3v) is 3.58. The van der Waals surface area contributed by atoms with E-state index in [2.05, 4.69) is 18.2 Å². The number of carbonyl (C=O) groups is 1. The van der Waals surface area contributed by atoms with Crippen molar-refractivity contribution >= 4 is 5.78 Å². The molecule has 2 nitrogen and oxygen atoms in total. The third kappa shape index (κ3) is 2.32. The van der Waals surface area contributed by atoms with Crippen LogP contribution in [0.25, 0.3) is 11.1 Å². The van der Waals surface area contributed by atoms with Crippen LogP contribution in [-0.2, 0) is 18.0 Å². The first-order valence-electron chi connectivity index (χ1n) is 6.61. The van der Waals surface area contributed by atoms with Crippen LogP contribution in [0.5, 0.6) is 0 Å². The van der Waals surface area contributed by atoms with E-state index in [0.717, 1.165) is 17.7 Å². The van der Waals surface area contributed by atoms with Crippen LogP contribution in [0.3, 0.4) is 0 Å². The Morgan fingerprint density at radius 2 is 1.68 bits per heavy atom. The molecule has 0 bridgehead atoms. The monoisotopic (exact) mass is 252 g/mol. The maximum Gasteiger partial charge on any atom is 0.162 e. The summed E-state index contributed by atoms with van der Waals surface area (Å²) in [6, 6.07) is 14.3. The molecule has 0 aliphatic carbocycles. The molecule has 0 saturated heterocycles. The van der Waals surface area contributed by atoms with Gasteiger partial charge in [0.25, 0.3) is 0 Å². The second-order valence-corrected chi connectivity index (χ2v) is 4.83. The predicted octanol–water partition coefficient (Wildman–Crippen LogP) is 3.98. The SMILES string of the molecule is CCC(=O)c1ccc(-c2ccc3c(c2)COC3)cc1. The fourth-order valence-electron chi connectivity index (χ4n) is 2.40. The van der Waals surface area contributed by atoms with Crippen molar-refractivity contribution in [3.05, 3.63) is 59.2 Å². The largest absolute Gasteiger partial charge is 0.372 e. The molecule has 2 aromatic carbocycles. The smallest absolute Gasteiger partial charge is 0.162 e. The number of ketones is 1. The summed E-state index contributed by atoms with van der Waals surface area (Å²) < 4.78 is 5.43. The van der Waals surface area contributed by atoms with E-state index in [1.807, 2.05) is 31.2 Å². The van der Waals surface area contributed by atoms with E-state index in [-0.39, 0.29) is 5.78 Å². The van der Waals surface area contributed by atoms with Gasteiger partial charge in [-0.25, -0.2) is 0 Å². The molecule has 1 aliphatic heterocycles. The quantitative estimate of drug-likeness (QED) is 0.772. The average molecular weight is 252 g/mol. The lowest BCUT2D eigenvalue weighted by Crippen LogP contribution is -1.95. The standard InChI is InChI=1S/C17H16O2/c1-2-17(18)13-5-3-12(4-6-13)14-7-8-15-10-19-11-16(15)9-14/h3-9H,2,10-11H2,1H3. The van der Waals surface area contributed by atoms with Crippen LogP contribution >= 0.6 is 0 Å². The summed E-state index contributed by atoms with van der Waals surface area (Å²) in [5, 5.41) is 0. The summed E-state index contributed by atoms with van der Waals surface area (Å²) in [7, 11) is 0. The van der Waals surface area contributed by atoms with Crippen LogP contribution in [0, 0.1) is 0 Å². The average Bonchev–Trinajstić information content (AvgIpc) is 2.94. The first-order chi connectivity index (χ1) is 9.28. The highest BCUT2D eigenvalue weighted by Crippen LogP contribution is 2.27. The number of fused-ring (bicyclic) bond motifs is 1. The molecule has 0 spiro atoms. The minimum Gasteiger partial charge on any atom is -0.372 e. The van der Waals surface area contributed by atoms with E-state index < -0.39 is 0 Å². The van der Waals surface area contributed by atoms with Gasteiger partial charge in [0.15, 0.2) is 5.78 Å². The van der Waals surface area contributed by atoms with E-state index in [4.69, 9.17) is 4.74 Å². The first kappa shape index (κ1) is 12.1. The second-order valence-electron chi connectivity index (χ2n) is 4.83. The van der Waals surface area contributed by atoms with Crippen molar-refractivity contribution in [3.63, 3.8) is 0 Å². The molecular weight excluding hydrogens is 236 g/mol. The maximum atomic E-state index is 11.6. The van der Waals surface area contributed by atoms with E-state index >= 15 is 0 Å². The van der Waals surface area contributed by atoms with Crippen LogP contribution in [0.4, 0.5) is 0 Å². The summed E-state index contributed by atoms with van der Waals surface area (Å²) in [5.41, 5.74) is 5.66. The Morgan fingerprint density at radius 1 is 1.00 bits per heavy atom. The van der Waals surface area contributed by atoms with Gasteiger partial charge in [-0.05, 0) is 28.3 Å². The highest BCUT2D eigenvalue weighted by Gasteiger charge is 2.12. The molecule has 0 unspecified atom stereocenters. The minimum atomic E-state index is 0.189. The molecule has 1 aliphatic rings. The third-order valence-electron chi connectivity index (χ3n) is 3.58. The molecule has 0 fully saturated rings. The Bertz CT molecular complexity index is 612. The van der Waals surface area contributed by atoms with Gasteiger partial charge in [0.2, 0.25) is 0 Å². The van der Waals surface area contributed by atoms with E-state index in [1.54, 1.807) is 0 Å². The summed E-state index contributed by atoms with van der Waals surface area (Å²) in [4.78, 5) is 11.6. The fraction of sp³-hybridized carbons (Fsp3) is 0.235.